The standard InChI is InChI=1S/C22H24N4O6S/c1-31-9-8-25(17(27)13-32-18(28)11-16-7-10-33-14-16)19-20(23)26(22(30)24-21(19)29)12-15-5-3-2-4-6-15/h2-7,10,14H,8-9,11-13,23H2,1H3,(H,24,29,30). The Bertz CT molecular complexity index is 1200. The van der Waals surface area contributed by atoms with Crippen LogP contribution in [-0.4, -0.2) is 48.3 Å². The summed E-state index contributed by atoms with van der Waals surface area (Å²) in [5, 5.41) is 3.64. The third-order valence-electron chi connectivity index (χ3n) is 4.77. The maximum Gasteiger partial charge on any atom is 0.330 e. The predicted octanol–water partition coefficient (Wildman–Crippen LogP) is 0.994. The van der Waals surface area contributed by atoms with Crippen molar-refractivity contribution in [3.05, 3.63) is 79.1 Å². The molecule has 0 saturated carbocycles. The number of H-pyrrole nitrogens is 1. The zero-order valence-electron chi connectivity index (χ0n) is 18.0. The second-order valence-corrected chi connectivity index (χ2v) is 7.85. The van der Waals surface area contributed by atoms with Crippen molar-refractivity contribution in [3.63, 3.8) is 0 Å². The Labute approximate surface area is 193 Å². The Balaban J connectivity index is 1.85. The van der Waals surface area contributed by atoms with E-state index in [0.29, 0.717) is 0 Å². The van der Waals surface area contributed by atoms with Crippen LogP contribution in [0.5, 0.6) is 0 Å². The Kier molecular flexibility index (Phi) is 8.17. The van der Waals surface area contributed by atoms with Crippen LogP contribution < -0.4 is 21.9 Å². The lowest BCUT2D eigenvalue weighted by Gasteiger charge is -2.24. The minimum atomic E-state index is -0.823. The van der Waals surface area contributed by atoms with Gasteiger partial charge in [-0.3, -0.25) is 28.8 Å². The molecule has 0 aliphatic heterocycles. The Morgan fingerprint density at radius 1 is 1.15 bits per heavy atom. The van der Waals surface area contributed by atoms with E-state index in [1.165, 1.54) is 23.0 Å². The molecule has 0 saturated heterocycles. The van der Waals surface area contributed by atoms with E-state index in [-0.39, 0.29) is 37.6 Å². The number of benzene rings is 1. The van der Waals surface area contributed by atoms with Gasteiger partial charge >= 0.3 is 11.7 Å². The van der Waals surface area contributed by atoms with E-state index in [2.05, 4.69) is 4.98 Å². The van der Waals surface area contributed by atoms with Crippen molar-refractivity contribution in [1.82, 2.24) is 9.55 Å². The SMILES string of the molecule is COCCN(C(=O)COC(=O)Cc1ccsc1)c1c(N)n(Cc2ccccc2)c(=O)[nH]c1=O. The van der Waals surface area contributed by atoms with Gasteiger partial charge in [0.25, 0.3) is 11.5 Å². The van der Waals surface area contributed by atoms with Gasteiger partial charge < -0.3 is 15.2 Å². The summed E-state index contributed by atoms with van der Waals surface area (Å²) in [6.45, 7) is -0.444. The molecule has 0 unspecified atom stereocenters. The van der Waals surface area contributed by atoms with E-state index >= 15 is 0 Å². The number of nitrogens with two attached hydrogens (primary N) is 1. The summed E-state index contributed by atoms with van der Waals surface area (Å²) in [6, 6.07) is 10.8. The summed E-state index contributed by atoms with van der Waals surface area (Å²) in [6.07, 6.45) is 0.0273. The first-order valence-corrected chi connectivity index (χ1v) is 11.0. The lowest BCUT2D eigenvalue weighted by Crippen LogP contribution is -2.44. The minimum Gasteiger partial charge on any atom is -0.455 e. The maximum absolute atomic E-state index is 12.9. The van der Waals surface area contributed by atoms with Gasteiger partial charge in [-0.25, -0.2) is 4.79 Å². The molecule has 1 aromatic carbocycles. The molecule has 0 fully saturated rings. The number of carbonyl (C=O) groups excluding carboxylic acids is 2. The van der Waals surface area contributed by atoms with Crippen LogP contribution in [0.25, 0.3) is 0 Å². The van der Waals surface area contributed by atoms with Crippen molar-refractivity contribution in [2.75, 3.05) is 37.5 Å². The molecule has 0 aliphatic rings. The third-order valence-corrected chi connectivity index (χ3v) is 5.50. The van der Waals surface area contributed by atoms with Crippen molar-refractivity contribution in [2.45, 2.75) is 13.0 Å². The van der Waals surface area contributed by atoms with Gasteiger partial charge in [0.2, 0.25) is 0 Å². The molecule has 10 nitrogen and oxygen atoms in total. The predicted molar refractivity (Wildman–Crippen MR) is 124 cm³/mol. The molecule has 11 heteroatoms. The molecule has 0 spiro atoms. The number of hydrogen-bond acceptors (Lipinski definition) is 8. The number of rotatable bonds is 10. The topological polar surface area (TPSA) is 137 Å². The highest BCUT2D eigenvalue weighted by molar-refractivity contribution is 7.08. The van der Waals surface area contributed by atoms with Crippen LogP contribution in [0.4, 0.5) is 11.5 Å². The van der Waals surface area contributed by atoms with Crippen molar-refractivity contribution in [1.29, 1.82) is 0 Å². The van der Waals surface area contributed by atoms with Gasteiger partial charge in [-0.2, -0.15) is 11.3 Å². The van der Waals surface area contributed by atoms with Crippen molar-refractivity contribution < 1.29 is 19.1 Å². The van der Waals surface area contributed by atoms with E-state index in [1.807, 2.05) is 29.0 Å². The highest BCUT2D eigenvalue weighted by atomic mass is 32.1. The monoisotopic (exact) mass is 472 g/mol. The molecule has 3 N–H and O–H groups in total. The lowest BCUT2D eigenvalue weighted by molar-refractivity contribution is -0.147. The van der Waals surface area contributed by atoms with E-state index < -0.39 is 29.7 Å². The van der Waals surface area contributed by atoms with Crippen molar-refractivity contribution >= 4 is 34.7 Å². The molecular formula is C22H24N4O6S. The second-order valence-electron chi connectivity index (χ2n) is 7.07. The fourth-order valence-electron chi connectivity index (χ4n) is 3.14. The highest BCUT2D eigenvalue weighted by Crippen LogP contribution is 2.18. The molecule has 2 aromatic heterocycles. The summed E-state index contributed by atoms with van der Waals surface area (Å²) in [4.78, 5) is 53.3. The molecule has 0 bridgehead atoms. The first-order chi connectivity index (χ1) is 15.9. The molecular weight excluding hydrogens is 448 g/mol. The molecule has 0 aliphatic carbocycles. The van der Waals surface area contributed by atoms with Crippen LogP contribution in [0.15, 0.2) is 56.7 Å². The van der Waals surface area contributed by atoms with Gasteiger partial charge in [0, 0.05) is 13.7 Å². The van der Waals surface area contributed by atoms with Gasteiger partial charge in [-0.05, 0) is 28.0 Å². The minimum absolute atomic E-state index is 0.0273. The molecule has 33 heavy (non-hydrogen) atoms. The Morgan fingerprint density at radius 2 is 1.91 bits per heavy atom. The van der Waals surface area contributed by atoms with Crippen LogP contribution in [0.3, 0.4) is 0 Å². The summed E-state index contributed by atoms with van der Waals surface area (Å²) in [7, 11) is 1.44. The number of nitrogens with zero attached hydrogens (tertiary/aromatic N) is 2. The molecule has 174 valence electrons. The molecule has 0 radical (unpaired) electrons. The summed E-state index contributed by atoms with van der Waals surface area (Å²) < 4.78 is 11.3. The number of hydrogen-bond donors (Lipinski definition) is 2. The van der Waals surface area contributed by atoms with Gasteiger partial charge in [-0.15, -0.1) is 0 Å². The second kappa shape index (κ2) is 11.2. The normalized spacial score (nSPS) is 10.7. The fraction of sp³-hybridized carbons (Fsp3) is 0.273. The quantitative estimate of drug-likeness (QED) is 0.420. The van der Waals surface area contributed by atoms with E-state index in [1.54, 1.807) is 18.2 Å². The van der Waals surface area contributed by atoms with E-state index in [4.69, 9.17) is 15.2 Å². The van der Waals surface area contributed by atoms with Crippen LogP contribution in [0.1, 0.15) is 11.1 Å². The van der Waals surface area contributed by atoms with Crippen LogP contribution in [0, 0.1) is 0 Å². The van der Waals surface area contributed by atoms with Crippen LogP contribution >= 0.6 is 11.3 Å². The molecule has 3 rings (SSSR count). The van der Waals surface area contributed by atoms with Gasteiger partial charge in [0.1, 0.15) is 5.82 Å². The van der Waals surface area contributed by atoms with E-state index in [9.17, 15) is 19.2 Å². The first-order valence-electron chi connectivity index (χ1n) is 10.0. The number of aromatic nitrogens is 2. The largest absolute Gasteiger partial charge is 0.455 e. The number of carbonyl (C=O) groups is 2. The van der Waals surface area contributed by atoms with Crippen LogP contribution in [-0.2, 0) is 32.0 Å². The van der Waals surface area contributed by atoms with E-state index in [0.717, 1.165) is 16.0 Å². The molecule has 3 aromatic rings. The van der Waals surface area contributed by atoms with Crippen molar-refractivity contribution in [3.8, 4) is 0 Å². The number of nitrogen functional groups attached to an aromatic ring is 1. The number of aromatic amines is 1. The zero-order chi connectivity index (χ0) is 23.8. The summed E-state index contributed by atoms with van der Waals surface area (Å²) in [5.41, 5.74) is 6.02. The average Bonchev–Trinajstić information content (AvgIpc) is 3.30. The highest BCUT2D eigenvalue weighted by Gasteiger charge is 2.25. The fourth-order valence-corrected chi connectivity index (χ4v) is 3.80. The van der Waals surface area contributed by atoms with Gasteiger partial charge in [0.05, 0.1) is 19.6 Å². The molecule has 0 atom stereocenters. The molecule has 1 amide bonds. The lowest BCUT2D eigenvalue weighted by atomic mass is 10.2. The Hall–Kier alpha value is -3.70. The third kappa shape index (κ3) is 6.18. The van der Waals surface area contributed by atoms with Gasteiger partial charge in [0.15, 0.2) is 12.3 Å². The number of amides is 1. The number of nitrogens with one attached hydrogen (secondary N) is 1. The van der Waals surface area contributed by atoms with Gasteiger partial charge in [-0.1, -0.05) is 30.3 Å². The van der Waals surface area contributed by atoms with Crippen LogP contribution in [0.2, 0.25) is 0 Å². The summed E-state index contributed by atoms with van der Waals surface area (Å²) >= 11 is 1.45. The Morgan fingerprint density at radius 3 is 2.58 bits per heavy atom. The first kappa shape index (κ1) is 24.0. The number of anilines is 2. The number of ether oxygens (including phenoxy) is 2. The maximum atomic E-state index is 12.9. The smallest absolute Gasteiger partial charge is 0.330 e. The number of esters is 1. The number of thiophene rings is 1. The molecule has 2 heterocycles. The number of methoxy groups -OCH3 is 1. The summed E-state index contributed by atoms with van der Waals surface area (Å²) in [5.74, 6) is -1.43. The average molecular weight is 473 g/mol. The van der Waals surface area contributed by atoms with Crippen molar-refractivity contribution in [2.24, 2.45) is 0 Å². The zero-order valence-corrected chi connectivity index (χ0v) is 18.8.